The number of aromatic nitrogens is 3. The van der Waals surface area contributed by atoms with E-state index in [9.17, 15) is 4.79 Å². The fourth-order valence-corrected chi connectivity index (χ4v) is 2.39. The van der Waals surface area contributed by atoms with Crippen molar-refractivity contribution < 1.29 is 4.79 Å². The van der Waals surface area contributed by atoms with Gasteiger partial charge in [0.1, 0.15) is 12.2 Å². The Morgan fingerprint density at radius 2 is 2.21 bits per heavy atom. The van der Waals surface area contributed by atoms with E-state index in [-0.39, 0.29) is 10.9 Å². The summed E-state index contributed by atoms with van der Waals surface area (Å²) in [6, 6.07) is 0. The second-order valence-corrected chi connectivity index (χ2v) is 4.88. The Balaban J connectivity index is 2.43. The highest BCUT2D eigenvalue weighted by molar-refractivity contribution is 7.80. The number of carbonyl (C=O) groups excluding carboxylic acids is 1. The number of thiocarbonyl (C=S) groups is 1. The first-order valence-electron chi connectivity index (χ1n) is 6.49. The minimum absolute atomic E-state index is 0.0810. The zero-order chi connectivity index (χ0) is 14.3. The van der Waals surface area contributed by atoms with E-state index in [0.717, 1.165) is 18.7 Å². The number of aryl methyl sites for hydroxylation is 1. The van der Waals surface area contributed by atoms with Gasteiger partial charge in [0.15, 0.2) is 0 Å². The molecule has 4 N–H and O–H groups in total. The number of amides is 1. The minimum Gasteiger partial charge on any atom is -0.392 e. The van der Waals surface area contributed by atoms with E-state index in [2.05, 4.69) is 20.5 Å². The van der Waals surface area contributed by atoms with Gasteiger partial charge in [-0.05, 0) is 19.3 Å². The van der Waals surface area contributed by atoms with E-state index in [0.29, 0.717) is 19.4 Å². The molecule has 0 radical (unpaired) electrons. The molecule has 0 aromatic carbocycles. The third kappa shape index (κ3) is 3.73. The Morgan fingerprint density at radius 3 is 2.68 bits per heavy atom. The molecule has 7 heteroatoms. The van der Waals surface area contributed by atoms with Gasteiger partial charge in [-0.2, -0.15) is 5.10 Å². The molecule has 1 heterocycles. The summed E-state index contributed by atoms with van der Waals surface area (Å²) in [7, 11) is 0. The molecule has 106 valence electrons. The highest BCUT2D eigenvalue weighted by atomic mass is 32.1. The second-order valence-electron chi connectivity index (χ2n) is 4.45. The van der Waals surface area contributed by atoms with Gasteiger partial charge in [-0.25, -0.2) is 4.98 Å². The quantitative estimate of drug-likeness (QED) is 0.487. The predicted octanol–water partition coefficient (Wildman–Crippen LogP) is 0.946. The van der Waals surface area contributed by atoms with Crippen LogP contribution in [0, 0.1) is 5.41 Å². The molecular formula is C12H21N5OS. The topological polar surface area (TPSA) is 96.7 Å². The summed E-state index contributed by atoms with van der Waals surface area (Å²) in [6.07, 6.45) is 4.25. The van der Waals surface area contributed by atoms with Crippen LogP contribution in [0.1, 0.15) is 38.9 Å². The zero-order valence-corrected chi connectivity index (χ0v) is 12.2. The van der Waals surface area contributed by atoms with Gasteiger partial charge in [0, 0.05) is 13.0 Å². The Morgan fingerprint density at radius 1 is 1.53 bits per heavy atom. The molecule has 0 bridgehead atoms. The Kier molecular flexibility index (Phi) is 5.88. The lowest BCUT2D eigenvalue weighted by atomic mass is 9.81. The van der Waals surface area contributed by atoms with E-state index in [1.54, 1.807) is 0 Å². The van der Waals surface area contributed by atoms with Gasteiger partial charge in [0.25, 0.3) is 0 Å². The van der Waals surface area contributed by atoms with Crippen LogP contribution in [0.4, 0.5) is 0 Å². The summed E-state index contributed by atoms with van der Waals surface area (Å²) in [5, 5.41) is 9.45. The molecule has 6 nitrogen and oxygen atoms in total. The predicted molar refractivity (Wildman–Crippen MR) is 77.5 cm³/mol. The zero-order valence-electron chi connectivity index (χ0n) is 11.4. The maximum absolute atomic E-state index is 12.2. The lowest BCUT2D eigenvalue weighted by Crippen LogP contribution is -2.48. The monoisotopic (exact) mass is 283 g/mol. The maximum Gasteiger partial charge on any atom is 0.233 e. The number of aromatic amines is 1. The summed E-state index contributed by atoms with van der Waals surface area (Å²) in [5.41, 5.74) is 5.00. The molecule has 1 rings (SSSR count). The van der Waals surface area contributed by atoms with Crippen molar-refractivity contribution in [2.24, 2.45) is 11.1 Å². The van der Waals surface area contributed by atoms with Gasteiger partial charge >= 0.3 is 0 Å². The summed E-state index contributed by atoms with van der Waals surface area (Å²) >= 11 is 5.04. The van der Waals surface area contributed by atoms with Crippen molar-refractivity contribution >= 4 is 23.1 Å². The molecule has 1 amide bonds. The summed E-state index contributed by atoms with van der Waals surface area (Å²) in [5.74, 6) is 0.739. The molecule has 19 heavy (non-hydrogen) atoms. The van der Waals surface area contributed by atoms with Gasteiger partial charge < -0.3 is 11.1 Å². The molecule has 1 aromatic rings. The fourth-order valence-electron chi connectivity index (χ4n) is 2.01. The lowest BCUT2D eigenvalue weighted by Gasteiger charge is -2.28. The number of carbonyl (C=O) groups is 1. The normalized spacial score (nSPS) is 11.3. The number of rotatable bonds is 8. The van der Waals surface area contributed by atoms with Crippen LogP contribution in [0.5, 0.6) is 0 Å². The van der Waals surface area contributed by atoms with Crippen LogP contribution in [0.15, 0.2) is 6.33 Å². The molecule has 1 aromatic heterocycles. The van der Waals surface area contributed by atoms with Gasteiger partial charge in [0.2, 0.25) is 5.91 Å². The van der Waals surface area contributed by atoms with E-state index in [4.69, 9.17) is 18.0 Å². The number of nitrogens with two attached hydrogens (primary N) is 1. The molecule has 0 unspecified atom stereocenters. The first-order chi connectivity index (χ1) is 9.06. The van der Waals surface area contributed by atoms with E-state index in [1.807, 2.05) is 13.8 Å². The van der Waals surface area contributed by atoms with Crippen molar-refractivity contribution in [3.05, 3.63) is 12.2 Å². The van der Waals surface area contributed by atoms with E-state index >= 15 is 0 Å². The number of nitrogens with zero attached hydrogens (tertiary/aromatic N) is 2. The van der Waals surface area contributed by atoms with Gasteiger partial charge in [-0.1, -0.05) is 26.1 Å². The molecule has 0 saturated heterocycles. The van der Waals surface area contributed by atoms with Crippen LogP contribution in [0.2, 0.25) is 0 Å². The smallest absolute Gasteiger partial charge is 0.233 e. The van der Waals surface area contributed by atoms with Crippen LogP contribution in [0.3, 0.4) is 0 Å². The van der Waals surface area contributed by atoms with Crippen LogP contribution in [-0.4, -0.2) is 32.6 Å². The number of H-pyrrole nitrogens is 1. The number of hydrogen-bond donors (Lipinski definition) is 3. The van der Waals surface area contributed by atoms with Crippen molar-refractivity contribution in [1.29, 1.82) is 0 Å². The third-order valence-corrected chi connectivity index (χ3v) is 3.84. The minimum atomic E-state index is -0.721. The Hall–Kier alpha value is -1.50. The average molecular weight is 283 g/mol. The first kappa shape index (κ1) is 15.6. The van der Waals surface area contributed by atoms with Crippen molar-refractivity contribution in [1.82, 2.24) is 20.5 Å². The fraction of sp³-hybridized carbons (Fsp3) is 0.667. The van der Waals surface area contributed by atoms with E-state index < -0.39 is 5.41 Å². The van der Waals surface area contributed by atoms with Crippen molar-refractivity contribution in [3.8, 4) is 0 Å². The van der Waals surface area contributed by atoms with Gasteiger partial charge in [0.05, 0.1) is 10.4 Å². The Bertz CT molecular complexity index is 414. The van der Waals surface area contributed by atoms with Gasteiger partial charge in [-0.15, -0.1) is 0 Å². The van der Waals surface area contributed by atoms with Gasteiger partial charge in [-0.3, -0.25) is 9.89 Å². The van der Waals surface area contributed by atoms with Crippen LogP contribution < -0.4 is 11.1 Å². The maximum atomic E-state index is 12.2. The van der Waals surface area contributed by atoms with Crippen molar-refractivity contribution in [2.45, 2.75) is 39.5 Å². The average Bonchev–Trinajstić information content (AvgIpc) is 2.89. The highest BCUT2D eigenvalue weighted by Gasteiger charge is 2.37. The lowest BCUT2D eigenvalue weighted by molar-refractivity contribution is -0.127. The van der Waals surface area contributed by atoms with E-state index in [1.165, 1.54) is 6.33 Å². The van der Waals surface area contributed by atoms with Crippen LogP contribution >= 0.6 is 12.2 Å². The SMILES string of the molecule is CCC(CC)(C(=O)NCCCc1ncn[nH]1)C(N)=S. The molecule has 0 spiro atoms. The summed E-state index contributed by atoms with van der Waals surface area (Å²) in [6.45, 7) is 4.43. The molecule has 0 atom stereocenters. The van der Waals surface area contributed by atoms with Crippen LogP contribution in [-0.2, 0) is 11.2 Å². The molecule has 0 aliphatic rings. The van der Waals surface area contributed by atoms with Crippen molar-refractivity contribution in [2.75, 3.05) is 6.54 Å². The molecular weight excluding hydrogens is 262 g/mol. The highest BCUT2D eigenvalue weighted by Crippen LogP contribution is 2.27. The standard InChI is InChI=1S/C12H21N5OS/c1-3-12(4-2,10(13)19)11(18)14-7-5-6-9-15-8-16-17-9/h8H,3-7H2,1-2H3,(H2,13,19)(H,14,18)(H,15,16,17). The van der Waals surface area contributed by atoms with Crippen molar-refractivity contribution in [3.63, 3.8) is 0 Å². The number of nitrogens with one attached hydrogen (secondary N) is 2. The Labute approximate surface area is 118 Å². The largest absolute Gasteiger partial charge is 0.392 e. The third-order valence-electron chi connectivity index (χ3n) is 3.45. The van der Waals surface area contributed by atoms with Crippen LogP contribution in [0.25, 0.3) is 0 Å². The first-order valence-corrected chi connectivity index (χ1v) is 6.90. The number of hydrogen-bond acceptors (Lipinski definition) is 4. The summed E-state index contributed by atoms with van der Waals surface area (Å²) in [4.78, 5) is 16.5. The molecule has 0 fully saturated rings. The molecule has 0 saturated carbocycles. The molecule has 0 aliphatic carbocycles. The second kappa shape index (κ2) is 7.18. The summed E-state index contributed by atoms with van der Waals surface area (Å²) < 4.78 is 0. The molecule has 0 aliphatic heterocycles.